The Bertz CT molecular complexity index is 1180. The first-order valence-corrected chi connectivity index (χ1v) is 12.5. The van der Waals surface area contributed by atoms with Crippen LogP contribution < -0.4 is 19.1 Å². The fourth-order valence-electron chi connectivity index (χ4n) is 3.05. The van der Waals surface area contributed by atoms with E-state index in [4.69, 9.17) is 21.1 Å². The van der Waals surface area contributed by atoms with E-state index in [-0.39, 0.29) is 19.1 Å². The number of ether oxygens (including phenoxy) is 2. The number of amides is 1. The fourth-order valence-corrected chi connectivity index (χ4v) is 4.06. The van der Waals surface area contributed by atoms with Gasteiger partial charge in [0.2, 0.25) is 10.0 Å². The van der Waals surface area contributed by atoms with Gasteiger partial charge >= 0.3 is 0 Å². The number of benzene rings is 3. The summed E-state index contributed by atoms with van der Waals surface area (Å²) >= 11 is 5.91. The van der Waals surface area contributed by atoms with Crippen LogP contribution in [0.3, 0.4) is 0 Å². The van der Waals surface area contributed by atoms with E-state index in [1.165, 1.54) is 4.31 Å². The van der Waals surface area contributed by atoms with Crippen LogP contribution in [0.1, 0.15) is 12.5 Å². The zero-order valence-corrected chi connectivity index (χ0v) is 19.9. The van der Waals surface area contributed by atoms with Gasteiger partial charge in [0.25, 0.3) is 5.91 Å². The number of carbonyl (C=O) groups excluding carboxylic acids is 1. The van der Waals surface area contributed by atoms with Crippen LogP contribution in [0.25, 0.3) is 0 Å². The number of halogens is 1. The van der Waals surface area contributed by atoms with Crippen molar-refractivity contribution in [1.82, 2.24) is 0 Å². The summed E-state index contributed by atoms with van der Waals surface area (Å²) in [5, 5.41) is 3.34. The van der Waals surface area contributed by atoms with E-state index < -0.39 is 10.0 Å². The van der Waals surface area contributed by atoms with Crippen molar-refractivity contribution in [1.29, 1.82) is 0 Å². The Balaban J connectivity index is 1.63. The number of hydrogen-bond donors (Lipinski definition) is 1. The number of sulfonamides is 1. The molecule has 1 amide bonds. The molecule has 3 aromatic rings. The van der Waals surface area contributed by atoms with Gasteiger partial charge in [0.15, 0.2) is 6.61 Å². The standard InChI is InChI=1S/C24H25ClN2O5S/c1-3-31-23-7-5-4-6-22(23)26-24(28)17-32-21-14-12-20(13-15-21)27(33(2,29)30)16-18-8-10-19(25)11-9-18/h4-15H,3,16-17H2,1-2H3,(H,26,28). The molecule has 9 heteroatoms. The van der Waals surface area contributed by atoms with E-state index >= 15 is 0 Å². The Morgan fingerprint density at radius 1 is 0.970 bits per heavy atom. The van der Waals surface area contributed by atoms with Gasteiger partial charge in [-0.25, -0.2) is 8.42 Å². The molecule has 0 aromatic heterocycles. The highest BCUT2D eigenvalue weighted by Gasteiger charge is 2.18. The highest BCUT2D eigenvalue weighted by Crippen LogP contribution is 2.25. The highest BCUT2D eigenvalue weighted by atomic mass is 35.5. The van der Waals surface area contributed by atoms with E-state index in [0.29, 0.717) is 34.5 Å². The summed E-state index contributed by atoms with van der Waals surface area (Å²) in [6, 6.07) is 20.6. The molecule has 1 N–H and O–H groups in total. The molecular weight excluding hydrogens is 464 g/mol. The molecule has 7 nitrogen and oxygen atoms in total. The average molecular weight is 489 g/mol. The highest BCUT2D eigenvalue weighted by molar-refractivity contribution is 7.92. The van der Waals surface area contributed by atoms with Crippen molar-refractivity contribution in [3.05, 3.63) is 83.4 Å². The number of hydrogen-bond acceptors (Lipinski definition) is 5. The zero-order valence-electron chi connectivity index (χ0n) is 18.3. The van der Waals surface area contributed by atoms with Crippen LogP contribution in [-0.4, -0.2) is 33.8 Å². The van der Waals surface area contributed by atoms with Crippen LogP contribution in [0, 0.1) is 0 Å². The molecule has 0 atom stereocenters. The molecule has 0 bridgehead atoms. The van der Waals surface area contributed by atoms with Crippen LogP contribution in [0.15, 0.2) is 72.8 Å². The van der Waals surface area contributed by atoms with Crippen LogP contribution in [0.2, 0.25) is 5.02 Å². The van der Waals surface area contributed by atoms with Crippen molar-refractivity contribution in [2.45, 2.75) is 13.5 Å². The Labute approximate surface area is 198 Å². The molecule has 0 saturated carbocycles. The first kappa shape index (κ1) is 24.4. The van der Waals surface area contributed by atoms with E-state index in [2.05, 4.69) is 5.32 Å². The molecule has 0 spiro atoms. The minimum absolute atomic E-state index is 0.165. The van der Waals surface area contributed by atoms with Crippen molar-refractivity contribution in [2.75, 3.05) is 29.1 Å². The van der Waals surface area contributed by atoms with Gasteiger partial charge in [0.05, 0.1) is 30.8 Å². The maximum atomic E-state index is 12.4. The normalized spacial score (nSPS) is 11.0. The molecule has 0 aliphatic rings. The maximum Gasteiger partial charge on any atom is 0.262 e. The lowest BCUT2D eigenvalue weighted by Gasteiger charge is -2.23. The SMILES string of the molecule is CCOc1ccccc1NC(=O)COc1ccc(N(Cc2ccc(Cl)cc2)S(C)(=O)=O)cc1. The van der Waals surface area contributed by atoms with E-state index in [1.54, 1.807) is 66.7 Å². The topological polar surface area (TPSA) is 84.9 Å². The second-order valence-electron chi connectivity index (χ2n) is 7.16. The first-order chi connectivity index (χ1) is 15.8. The molecule has 174 valence electrons. The lowest BCUT2D eigenvalue weighted by atomic mass is 10.2. The largest absolute Gasteiger partial charge is 0.492 e. The monoisotopic (exact) mass is 488 g/mol. The molecule has 0 unspecified atom stereocenters. The molecule has 0 saturated heterocycles. The van der Waals surface area contributed by atoms with Crippen molar-refractivity contribution < 1.29 is 22.7 Å². The van der Waals surface area contributed by atoms with Gasteiger partial charge in [-0.3, -0.25) is 9.10 Å². The average Bonchev–Trinajstić information content (AvgIpc) is 2.78. The minimum atomic E-state index is -3.52. The van der Waals surface area contributed by atoms with Crippen LogP contribution in [0.4, 0.5) is 11.4 Å². The number of carbonyl (C=O) groups is 1. The molecule has 0 heterocycles. The van der Waals surface area contributed by atoms with E-state index in [9.17, 15) is 13.2 Å². The summed E-state index contributed by atoms with van der Waals surface area (Å²) in [4.78, 5) is 12.3. The van der Waals surface area contributed by atoms with E-state index in [0.717, 1.165) is 11.8 Å². The van der Waals surface area contributed by atoms with Crippen molar-refractivity contribution in [2.24, 2.45) is 0 Å². The summed E-state index contributed by atoms with van der Waals surface area (Å²) in [5.74, 6) is 0.679. The lowest BCUT2D eigenvalue weighted by Crippen LogP contribution is -2.29. The molecule has 0 radical (unpaired) electrons. The van der Waals surface area contributed by atoms with Crippen molar-refractivity contribution in [3.63, 3.8) is 0 Å². The van der Waals surface area contributed by atoms with Gasteiger partial charge in [-0.05, 0) is 61.0 Å². The predicted octanol–water partition coefficient (Wildman–Crippen LogP) is 4.72. The van der Waals surface area contributed by atoms with Gasteiger partial charge in [-0.2, -0.15) is 0 Å². The van der Waals surface area contributed by atoms with Crippen LogP contribution in [0.5, 0.6) is 11.5 Å². The molecule has 3 rings (SSSR count). The second kappa shape index (κ2) is 11.1. The third-order valence-electron chi connectivity index (χ3n) is 4.60. The third kappa shape index (κ3) is 7.13. The summed E-state index contributed by atoms with van der Waals surface area (Å²) < 4.78 is 37.1. The number of anilines is 2. The number of nitrogens with one attached hydrogen (secondary N) is 1. The molecule has 3 aromatic carbocycles. The Morgan fingerprint density at radius 3 is 2.27 bits per heavy atom. The molecule has 33 heavy (non-hydrogen) atoms. The van der Waals surface area contributed by atoms with Gasteiger partial charge in [-0.1, -0.05) is 35.9 Å². The molecule has 0 aliphatic heterocycles. The molecule has 0 fully saturated rings. The van der Waals surface area contributed by atoms with Gasteiger partial charge in [-0.15, -0.1) is 0 Å². The third-order valence-corrected chi connectivity index (χ3v) is 5.99. The Kier molecular flexibility index (Phi) is 8.19. The quantitative estimate of drug-likeness (QED) is 0.446. The van der Waals surface area contributed by atoms with Gasteiger partial charge in [0.1, 0.15) is 11.5 Å². The zero-order chi connectivity index (χ0) is 23.8. The van der Waals surface area contributed by atoms with Crippen molar-refractivity contribution in [3.8, 4) is 11.5 Å². The summed E-state index contributed by atoms with van der Waals surface area (Å²) in [6.45, 7) is 2.31. The minimum Gasteiger partial charge on any atom is -0.492 e. The van der Waals surface area contributed by atoms with Gasteiger partial charge in [0, 0.05) is 5.02 Å². The second-order valence-corrected chi connectivity index (χ2v) is 9.50. The maximum absolute atomic E-state index is 12.4. The summed E-state index contributed by atoms with van der Waals surface area (Å²) in [5.41, 5.74) is 1.85. The summed E-state index contributed by atoms with van der Waals surface area (Å²) in [7, 11) is -3.52. The number of para-hydroxylation sites is 2. The smallest absolute Gasteiger partial charge is 0.262 e. The lowest BCUT2D eigenvalue weighted by molar-refractivity contribution is -0.118. The molecular formula is C24H25ClN2O5S. The first-order valence-electron chi connectivity index (χ1n) is 10.2. The number of nitrogens with zero attached hydrogens (tertiary/aromatic N) is 1. The predicted molar refractivity (Wildman–Crippen MR) is 131 cm³/mol. The fraction of sp³-hybridized carbons (Fsp3) is 0.208. The van der Waals surface area contributed by atoms with Crippen LogP contribution >= 0.6 is 11.6 Å². The van der Waals surface area contributed by atoms with Crippen molar-refractivity contribution >= 4 is 38.9 Å². The number of rotatable bonds is 10. The molecule has 0 aliphatic carbocycles. The Morgan fingerprint density at radius 2 is 1.64 bits per heavy atom. The van der Waals surface area contributed by atoms with Crippen LogP contribution in [-0.2, 0) is 21.4 Å². The van der Waals surface area contributed by atoms with E-state index in [1.807, 2.05) is 13.0 Å². The van der Waals surface area contributed by atoms with Gasteiger partial charge < -0.3 is 14.8 Å². The summed E-state index contributed by atoms with van der Waals surface area (Å²) in [6.07, 6.45) is 1.15. The Hall–Kier alpha value is -3.23.